The van der Waals surface area contributed by atoms with Crippen molar-refractivity contribution >= 4 is 17.2 Å². The van der Waals surface area contributed by atoms with Crippen LogP contribution < -0.4 is 10.4 Å². The third kappa shape index (κ3) is 3.33. The molecule has 6 rings (SSSR count). The summed E-state index contributed by atoms with van der Waals surface area (Å²) in [5.74, 6) is -3.46. The summed E-state index contributed by atoms with van der Waals surface area (Å²) in [6.45, 7) is 0.679. The minimum absolute atomic E-state index is 0.0315. The van der Waals surface area contributed by atoms with E-state index in [1.54, 1.807) is 16.6 Å². The van der Waals surface area contributed by atoms with Gasteiger partial charge in [-0.05, 0) is 31.1 Å². The Labute approximate surface area is 201 Å². The molecule has 3 aromatic rings. The number of aromatic hydroxyl groups is 1. The van der Waals surface area contributed by atoms with Gasteiger partial charge in [0, 0.05) is 43.9 Å². The van der Waals surface area contributed by atoms with Gasteiger partial charge in [-0.25, -0.2) is 13.2 Å². The highest BCUT2D eigenvalue weighted by molar-refractivity contribution is 7.14. The second-order valence-corrected chi connectivity index (χ2v) is 10.4. The molecule has 1 amide bonds. The van der Waals surface area contributed by atoms with Crippen molar-refractivity contribution in [1.29, 1.82) is 0 Å². The Hall–Kier alpha value is -3.41. The second-order valence-electron chi connectivity index (χ2n) is 9.33. The van der Waals surface area contributed by atoms with Gasteiger partial charge in [0.1, 0.15) is 28.6 Å². The number of hydrogen-bond donors (Lipinski definition) is 1. The van der Waals surface area contributed by atoms with Crippen LogP contribution >= 0.6 is 11.3 Å². The maximum atomic E-state index is 14.1. The monoisotopic (exact) mass is 503 g/mol. The van der Waals surface area contributed by atoms with Crippen molar-refractivity contribution in [2.24, 2.45) is 11.8 Å². The van der Waals surface area contributed by atoms with Crippen LogP contribution in [0.3, 0.4) is 0 Å². The van der Waals surface area contributed by atoms with Crippen molar-refractivity contribution in [3.05, 3.63) is 62.3 Å². The number of amides is 1. The van der Waals surface area contributed by atoms with Crippen LogP contribution in [0.4, 0.5) is 13.2 Å². The predicted octanol–water partition coefficient (Wildman–Crippen LogP) is 2.86. The van der Waals surface area contributed by atoms with Crippen molar-refractivity contribution < 1.29 is 23.1 Å². The lowest BCUT2D eigenvalue weighted by molar-refractivity contribution is 0.0494. The number of rotatable bonds is 3. The highest BCUT2D eigenvalue weighted by atomic mass is 32.1. The van der Waals surface area contributed by atoms with Crippen LogP contribution in [-0.4, -0.2) is 50.5 Å². The first-order valence-electron chi connectivity index (χ1n) is 11.2. The minimum Gasteiger partial charge on any atom is -0.502 e. The Kier molecular flexibility index (Phi) is 4.92. The molecule has 2 aromatic heterocycles. The van der Waals surface area contributed by atoms with Gasteiger partial charge in [-0.1, -0.05) is 11.3 Å². The van der Waals surface area contributed by atoms with E-state index in [0.717, 1.165) is 30.6 Å². The van der Waals surface area contributed by atoms with Crippen LogP contribution in [0.2, 0.25) is 0 Å². The molecule has 2 fully saturated rings. The van der Waals surface area contributed by atoms with Crippen LogP contribution in [0.15, 0.2) is 23.1 Å². The van der Waals surface area contributed by atoms with Crippen molar-refractivity contribution in [2.75, 3.05) is 18.6 Å². The number of piperidine rings is 1. The van der Waals surface area contributed by atoms with E-state index in [-0.39, 0.29) is 39.4 Å². The van der Waals surface area contributed by atoms with E-state index in [2.05, 4.69) is 10.2 Å². The standard InChI is InChI=1S/C23H20F3N5O3S/c1-29-22-11-3-2-10(4-11)8-31(22)30-9-14(19(32)20(33)18(30)23(29)34)21-28-27-17(35-21)7-13-15(25)5-12(24)6-16(13)26/h5-6,9-11,22,33H,2-4,7-8H2,1H3/t10?,11-,22-/m0/s1. The maximum Gasteiger partial charge on any atom is 0.277 e. The Morgan fingerprint density at radius 1 is 1.14 bits per heavy atom. The van der Waals surface area contributed by atoms with E-state index >= 15 is 0 Å². The van der Waals surface area contributed by atoms with Gasteiger partial charge in [-0.15, -0.1) is 10.2 Å². The first-order chi connectivity index (χ1) is 16.7. The van der Waals surface area contributed by atoms with Crippen LogP contribution in [-0.2, 0) is 6.42 Å². The number of halogens is 3. The van der Waals surface area contributed by atoms with Crippen LogP contribution in [0.25, 0.3) is 10.6 Å². The molecule has 182 valence electrons. The summed E-state index contributed by atoms with van der Waals surface area (Å²) in [5.41, 5.74) is -1.21. The molecule has 1 aromatic carbocycles. The number of fused-ring (bicyclic) bond motifs is 6. The van der Waals surface area contributed by atoms with Crippen molar-refractivity contribution in [2.45, 2.75) is 31.8 Å². The third-order valence-electron chi connectivity index (χ3n) is 7.25. The van der Waals surface area contributed by atoms with Gasteiger partial charge in [0.2, 0.25) is 5.43 Å². The number of benzene rings is 1. The second kappa shape index (κ2) is 7.80. The number of carbonyl (C=O) groups is 1. The molecular weight excluding hydrogens is 483 g/mol. The SMILES string of the molecule is CN1C(=O)c2c(O)c(=O)c(-c3nnc(Cc4c(F)cc(F)cc4F)s3)cn2N2CC3CC[C@@H](C3)[C@@H]12. The fourth-order valence-corrected chi connectivity index (χ4v) is 6.51. The normalized spacial score (nSPS) is 23.0. The number of pyridine rings is 1. The minimum atomic E-state index is -1.04. The Morgan fingerprint density at radius 3 is 2.63 bits per heavy atom. The lowest BCUT2D eigenvalue weighted by Gasteiger charge is -2.50. The number of aromatic nitrogens is 3. The average molecular weight is 504 g/mol. The van der Waals surface area contributed by atoms with Crippen LogP contribution in [0, 0.1) is 29.3 Å². The molecule has 1 unspecified atom stereocenters. The zero-order valence-corrected chi connectivity index (χ0v) is 19.4. The number of nitrogens with zero attached hydrogens (tertiary/aromatic N) is 5. The fourth-order valence-electron chi connectivity index (χ4n) is 5.65. The first kappa shape index (κ1) is 22.1. The molecule has 4 heterocycles. The van der Waals surface area contributed by atoms with Crippen LogP contribution in [0.1, 0.15) is 40.3 Å². The quantitative estimate of drug-likeness (QED) is 0.591. The molecule has 3 atom stereocenters. The van der Waals surface area contributed by atoms with Crippen molar-refractivity contribution in [3.8, 4) is 16.3 Å². The molecule has 2 aliphatic heterocycles. The molecule has 3 aliphatic rings. The predicted molar refractivity (Wildman–Crippen MR) is 120 cm³/mol. The largest absolute Gasteiger partial charge is 0.502 e. The molecule has 0 spiro atoms. The zero-order chi connectivity index (χ0) is 24.6. The highest BCUT2D eigenvalue weighted by Crippen LogP contribution is 2.43. The molecule has 2 bridgehead atoms. The van der Waals surface area contributed by atoms with Gasteiger partial charge >= 0.3 is 0 Å². The molecule has 1 saturated carbocycles. The van der Waals surface area contributed by atoms with E-state index in [0.29, 0.717) is 30.5 Å². The van der Waals surface area contributed by atoms with Crippen LogP contribution in [0.5, 0.6) is 5.75 Å². The molecule has 12 heteroatoms. The number of carbonyl (C=O) groups excluding carboxylic acids is 1. The van der Waals surface area contributed by atoms with Crippen molar-refractivity contribution in [3.63, 3.8) is 0 Å². The summed E-state index contributed by atoms with van der Waals surface area (Å²) in [6, 6.07) is 1.18. The molecule has 8 nitrogen and oxygen atoms in total. The molecule has 35 heavy (non-hydrogen) atoms. The summed E-state index contributed by atoms with van der Waals surface area (Å²) in [7, 11) is 1.69. The maximum absolute atomic E-state index is 14.1. The van der Waals surface area contributed by atoms with Gasteiger partial charge in [0.05, 0.1) is 5.56 Å². The van der Waals surface area contributed by atoms with E-state index in [1.807, 2.05) is 5.01 Å². The van der Waals surface area contributed by atoms with Gasteiger partial charge in [-0.2, -0.15) is 0 Å². The van der Waals surface area contributed by atoms with E-state index in [9.17, 15) is 27.9 Å². The summed E-state index contributed by atoms with van der Waals surface area (Å²) in [4.78, 5) is 27.7. The molecule has 1 N–H and O–H groups in total. The van der Waals surface area contributed by atoms with Gasteiger partial charge in [0.15, 0.2) is 16.5 Å². The highest BCUT2D eigenvalue weighted by Gasteiger charge is 2.48. The molecule has 0 radical (unpaired) electrons. The third-order valence-corrected chi connectivity index (χ3v) is 8.20. The summed E-state index contributed by atoms with van der Waals surface area (Å²) in [5, 5.41) is 21.1. The smallest absolute Gasteiger partial charge is 0.277 e. The Morgan fingerprint density at radius 2 is 1.89 bits per heavy atom. The van der Waals surface area contributed by atoms with Gasteiger partial charge in [0.25, 0.3) is 5.91 Å². The molecule has 1 aliphatic carbocycles. The number of hydrogen-bond acceptors (Lipinski definition) is 7. The first-order valence-corrected chi connectivity index (χ1v) is 12.0. The average Bonchev–Trinajstić information content (AvgIpc) is 3.43. The lowest BCUT2D eigenvalue weighted by atomic mass is 9.94. The summed E-state index contributed by atoms with van der Waals surface area (Å²) in [6.07, 6.45) is 4.12. The summed E-state index contributed by atoms with van der Waals surface area (Å²) >= 11 is 0.932. The van der Waals surface area contributed by atoms with Gasteiger partial charge in [-0.3, -0.25) is 19.3 Å². The fraction of sp³-hybridized carbons (Fsp3) is 0.391. The molecule has 1 saturated heterocycles. The van der Waals surface area contributed by atoms with Crippen molar-refractivity contribution in [1.82, 2.24) is 19.8 Å². The zero-order valence-electron chi connectivity index (χ0n) is 18.5. The molecular formula is C23H20F3N5O3S. The Balaban J connectivity index is 1.41. The topological polar surface area (TPSA) is 91.6 Å². The Bertz CT molecular complexity index is 1420. The van der Waals surface area contributed by atoms with E-state index in [4.69, 9.17) is 0 Å². The van der Waals surface area contributed by atoms with E-state index < -0.39 is 34.5 Å². The van der Waals surface area contributed by atoms with Gasteiger partial charge < -0.3 is 10.0 Å². The lowest BCUT2D eigenvalue weighted by Crippen LogP contribution is -2.64. The summed E-state index contributed by atoms with van der Waals surface area (Å²) < 4.78 is 42.9. The van der Waals surface area contributed by atoms with E-state index in [1.165, 1.54) is 6.20 Å².